The lowest BCUT2D eigenvalue weighted by Gasteiger charge is -2.49. The molecule has 0 radical (unpaired) electrons. The van der Waals surface area contributed by atoms with Crippen LogP contribution in [0.3, 0.4) is 0 Å². The molecule has 4 nitrogen and oxygen atoms in total. The van der Waals surface area contributed by atoms with Gasteiger partial charge in [0, 0.05) is 23.3 Å². The van der Waals surface area contributed by atoms with Crippen molar-refractivity contribution in [1.82, 2.24) is 10.3 Å². The maximum Gasteiger partial charge on any atom is 0.254 e. The Labute approximate surface area is 111 Å². The zero-order chi connectivity index (χ0) is 13.5. The van der Waals surface area contributed by atoms with Gasteiger partial charge in [0.05, 0.1) is 16.7 Å². The molecule has 0 spiro atoms. The van der Waals surface area contributed by atoms with Gasteiger partial charge in [0.15, 0.2) is 0 Å². The predicted octanol–water partition coefficient (Wildman–Crippen LogP) is 1.93. The summed E-state index contributed by atoms with van der Waals surface area (Å²) < 4.78 is 0. The van der Waals surface area contributed by atoms with E-state index < -0.39 is 0 Å². The highest BCUT2D eigenvalue weighted by atomic mass is 35.5. The summed E-state index contributed by atoms with van der Waals surface area (Å²) in [5.74, 6) is -0.238. The number of aliphatic hydroxyl groups is 1. The number of aryl methyl sites for hydroxylation is 1. The van der Waals surface area contributed by atoms with Gasteiger partial charge >= 0.3 is 0 Å². The van der Waals surface area contributed by atoms with Crippen molar-refractivity contribution < 1.29 is 9.90 Å². The van der Waals surface area contributed by atoms with Crippen LogP contribution in [0.15, 0.2) is 12.3 Å². The molecule has 1 aliphatic rings. The molecule has 2 unspecified atom stereocenters. The molecule has 98 valence electrons. The molecule has 18 heavy (non-hydrogen) atoms. The van der Waals surface area contributed by atoms with Crippen molar-refractivity contribution in [3.8, 4) is 0 Å². The van der Waals surface area contributed by atoms with Crippen molar-refractivity contribution in [2.24, 2.45) is 5.41 Å². The predicted molar refractivity (Wildman–Crippen MR) is 69.6 cm³/mol. The van der Waals surface area contributed by atoms with Crippen LogP contribution in [0.4, 0.5) is 0 Å². The first-order valence-electron chi connectivity index (χ1n) is 5.93. The highest BCUT2D eigenvalue weighted by Crippen LogP contribution is 2.40. The molecule has 0 aromatic carbocycles. The summed E-state index contributed by atoms with van der Waals surface area (Å²) in [6.07, 6.45) is 1.69. The number of carbonyl (C=O) groups is 1. The lowest BCUT2D eigenvalue weighted by atomic mass is 9.64. The van der Waals surface area contributed by atoms with Gasteiger partial charge in [-0.15, -0.1) is 0 Å². The first kappa shape index (κ1) is 13.3. The summed E-state index contributed by atoms with van der Waals surface area (Å²) in [6, 6.07) is 1.63. The van der Waals surface area contributed by atoms with E-state index in [1.165, 1.54) is 6.20 Å². The van der Waals surface area contributed by atoms with Crippen LogP contribution in [0.1, 0.15) is 36.3 Å². The van der Waals surface area contributed by atoms with Gasteiger partial charge in [0.1, 0.15) is 0 Å². The Balaban J connectivity index is 2.09. The van der Waals surface area contributed by atoms with Crippen molar-refractivity contribution in [2.45, 2.75) is 39.3 Å². The number of hydrogen-bond donors (Lipinski definition) is 2. The number of hydrogen-bond acceptors (Lipinski definition) is 3. The third-order valence-electron chi connectivity index (χ3n) is 3.76. The second-order valence-electron chi connectivity index (χ2n) is 5.40. The number of halogens is 1. The summed E-state index contributed by atoms with van der Waals surface area (Å²) in [4.78, 5) is 16.1. The second kappa shape index (κ2) is 4.52. The zero-order valence-electron chi connectivity index (χ0n) is 10.7. The highest BCUT2D eigenvalue weighted by Gasteiger charge is 2.48. The summed E-state index contributed by atoms with van der Waals surface area (Å²) in [6.45, 7) is 5.68. The van der Waals surface area contributed by atoms with E-state index in [1.807, 2.05) is 20.8 Å². The molecule has 5 heteroatoms. The molecular formula is C13H17ClN2O2. The fraction of sp³-hybridized carbons (Fsp3) is 0.538. The Bertz CT molecular complexity index is 488. The summed E-state index contributed by atoms with van der Waals surface area (Å²) in [5.41, 5.74) is 0.857. The lowest BCUT2D eigenvalue weighted by Crippen LogP contribution is -2.61. The molecule has 1 fully saturated rings. The van der Waals surface area contributed by atoms with Crippen LogP contribution in [-0.4, -0.2) is 28.1 Å². The molecule has 0 saturated heterocycles. The van der Waals surface area contributed by atoms with Gasteiger partial charge < -0.3 is 10.4 Å². The molecule has 2 N–H and O–H groups in total. The van der Waals surface area contributed by atoms with Gasteiger partial charge in [-0.25, -0.2) is 0 Å². The van der Waals surface area contributed by atoms with E-state index in [-0.39, 0.29) is 23.5 Å². The fourth-order valence-electron chi connectivity index (χ4n) is 2.08. The van der Waals surface area contributed by atoms with Crippen LogP contribution in [-0.2, 0) is 0 Å². The number of aromatic nitrogens is 1. The average Bonchev–Trinajstić information content (AvgIpc) is 2.28. The molecule has 0 aliphatic heterocycles. The molecule has 1 aliphatic carbocycles. The van der Waals surface area contributed by atoms with E-state index in [4.69, 9.17) is 11.6 Å². The molecule has 1 aromatic rings. The minimum atomic E-state index is -0.366. The Morgan fingerprint density at radius 1 is 1.61 bits per heavy atom. The number of aliphatic hydroxyl groups excluding tert-OH is 1. The monoisotopic (exact) mass is 268 g/mol. The van der Waals surface area contributed by atoms with Gasteiger partial charge in [-0.2, -0.15) is 0 Å². The topological polar surface area (TPSA) is 62.2 Å². The van der Waals surface area contributed by atoms with Gasteiger partial charge in [-0.05, 0) is 19.4 Å². The molecule has 2 rings (SSSR count). The standard InChI is InChI=1S/C13H17ClN2O2/c1-7-4-9(14)8(6-15-7)12(18)16-10-5-11(17)13(10,2)3/h4,6,10-11,17H,5H2,1-3H3,(H,16,18). The normalized spacial score (nSPS) is 25.4. The van der Waals surface area contributed by atoms with E-state index in [0.717, 1.165) is 5.69 Å². The molecule has 1 saturated carbocycles. The number of nitrogens with zero attached hydrogens (tertiary/aromatic N) is 1. The maximum atomic E-state index is 12.1. The van der Waals surface area contributed by atoms with Crippen LogP contribution in [0, 0.1) is 12.3 Å². The van der Waals surface area contributed by atoms with Crippen LogP contribution < -0.4 is 5.32 Å². The molecule has 0 bridgehead atoms. The summed E-state index contributed by atoms with van der Waals surface area (Å²) >= 11 is 6.02. The number of nitrogens with one attached hydrogen (secondary N) is 1. The van der Waals surface area contributed by atoms with Crippen molar-refractivity contribution in [3.05, 3.63) is 28.5 Å². The van der Waals surface area contributed by atoms with Crippen LogP contribution in [0.5, 0.6) is 0 Å². The fourth-order valence-corrected chi connectivity index (χ4v) is 2.37. The second-order valence-corrected chi connectivity index (χ2v) is 5.81. The Morgan fingerprint density at radius 2 is 2.28 bits per heavy atom. The number of pyridine rings is 1. The molecule has 2 atom stereocenters. The largest absolute Gasteiger partial charge is 0.392 e. The smallest absolute Gasteiger partial charge is 0.254 e. The highest BCUT2D eigenvalue weighted by molar-refractivity contribution is 6.33. The third kappa shape index (κ3) is 2.22. The number of carbonyl (C=O) groups excluding carboxylic acids is 1. The van der Waals surface area contributed by atoms with E-state index in [1.54, 1.807) is 6.07 Å². The van der Waals surface area contributed by atoms with E-state index in [0.29, 0.717) is 17.0 Å². The van der Waals surface area contributed by atoms with Crippen molar-refractivity contribution in [1.29, 1.82) is 0 Å². The first-order valence-corrected chi connectivity index (χ1v) is 6.31. The molecular weight excluding hydrogens is 252 g/mol. The van der Waals surface area contributed by atoms with E-state index >= 15 is 0 Å². The SMILES string of the molecule is Cc1cc(Cl)c(C(=O)NC2CC(O)C2(C)C)cn1. The van der Waals surface area contributed by atoms with Crippen LogP contribution in [0.2, 0.25) is 5.02 Å². The van der Waals surface area contributed by atoms with Crippen LogP contribution in [0.25, 0.3) is 0 Å². The zero-order valence-corrected chi connectivity index (χ0v) is 11.5. The Kier molecular flexibility index (Phi) is 3.34. The van der Waals surface area contributed by atoms with E-state index in [9.17, 15) is 9.90 Å². The first-order chi connectivity index (χ1) is 8.32. The van der Waals surface area contributed by atoms with E-state index in [2.05, 4.69) is 10.3 Å². The molecule has 1 heterocycles. The Hall–Kier alpha value is -1.13. The maximum absolute atomic E-state index is 12.1. The van der Waals surface area contributed by atoms with Crippen molar-refractivity contribution >= 4 is 17.5 Å². The summed E-state index contributed by atoms with van der Waals surface area (Å²) in [7, 11) is 0. The lowest BCUT2D eigenvalue weighted by molar-refractivity contribution is -0.0689. The summed E-state index contributed by atoms with van der Waals surface area (Å²) in [5, 5.41) is 12.9. The Morgan fingerprint density at radius 3 is 2.78 bits per heavy atom. The minimum Gasteiger partial charge on any atom is -0.392 e. The van der Waals surface area contributed by atoms with Crippen molar-refractivity contribution in [2.75, 3.05) is 0 Å². The van der Waals surface area contributed by atoms with Crippen molar-refractivity contribution in [3.63, 3.8) is 0 Å². The van der Waals surface area contributed by atoms with Crippen LogP contribution >= 0.6 is 11.6 Å². The van der Waals surface area contributed by atoms with Gasteiger partial charge in [0.2, 0.25) is 0 Å². The average molecular weight is 269 g/mol. The number of amides is 1. The quantitative estimate of drug-likeness (QED) is 0.862. The van der Waals surface area contributed by atoms with Gasteiger partial charge in [-0.1, -0.05) is 25.4 Å². The third-order valence-corrected chi connectivity index (χ3v) is 4.07. The molecule has 1 amide bonds. The minimum absolute atomic E-state index is 0.0302. The van der Waals surface area contributed by atoms with Gasteiger partial charge in [0.25, 0.3) is 5.91 Å². The van der Waals surface area contributed by atoms with Gasteiger partial charge in [-0.3, -0.25) is 9.78 Å². The number of rotatable bonds is 2. The molecule has 1 aromatic heterocycles.